The van der Waals surface area contributed by atoms with Gasteiger partial charge in [-0.25, -0.2) is 14.4 Å². The summed E-state index contributed by atoms with van der Waals surface area (Å²) in [6.45, 7) is 0. The van der Waals surface area contributed by atoms with Crippen LogP contribution in [0.1, 0.15) is 24.5 Å². The molecule has 15 heavy (non-hydrogen) atoms. The number of rotatable bonds is 1. The first-order chi connectivity index (χ1) is 7.24. The number of hydrogen-bond donors (Lipinski definition) is 1. The molecule has 2 N–H and O–H groups in total. The number of nitrogens with zero attached hydrogens (tertiary/aromatic N) is 2. The molecular weight excluding hydrogens is 193 g/mol. The minimum atomic E-state index is -0.252. The predicted molar refractivity (Wildman–Crippen MR) is 55.9 cm³/mol. The molecule has 0 radical (unpaired) electrons. The minimum Gasteiger partial charge on any atom is -0.368 e. The Morgan fingerprint density at radius 3 is 2.80 bits per heavy atom. The number of nitrogen functional groups attached to an aromatic ring is 1. The average molecular weight is 203 g/mol. The van der Waals surface area contributed by atoms with Crippen LogP contribution >= 0.6 is 0 Å². The maximum atomic E-state index is 13.1. The van der Waals surface area contributed by atoms with E-state index < -0.39 is 0 Å². The van der Waals surface area contributed by atoms with Crippen molar-refractivity contribution in [1.29, 1.82) is 0 Å². The van der Waals surface area contributed by atoms with Gasteiger partial charge in [0.1, 0.15) is 5.82 Å². The highest BCUT2D eigenvalue weighted by Gasteiger charge is 2.27. The Balaban J connectivity index is 2.34. The van der Waals surface area contributed by atoms with Crippen LogP contribution in [0.15, 0.2) is 18.2 Å². The van der Waals surface area contributed by atoms with Gasteiger partial charge in [-0.3, -0.25) is 0 Å². The maximum absolute atomic E-state index is 13.1. The van der Waals surface area contributed by atoms with E-state index in [1.807, 2.05) is 0 Å². The summed E-state index contributed by atoms with van der Waals surface area (Å²) in [7, 11) is 0. The van der Waals surface area contributed by atoms with E-state index in [1.165, 1.54) is 12.1 Å². The van der Waals surface area contributed by atoms with Crippen molar-refractivity contribution in [2.75, 3.05) is 5.73 Å². The smallest absolute Gasteiger partial charge is 0.220 e. The Morgan fingerprint density at radius 2 is 2.07 bits per heavy atom. The van der Waals surface area contributed by atoms with Crippen molar-refractivity contribution >= 4 is 16.9 Å². The van der Waals surface area contributed by atoms with Crippen LogP contribution in [-0.2, 0) is 0 Å². The lowest BCUT2D eigenvalue weighted by atomic mass is 10.1. The first-order valence-electron chi connectivity index (χ1n) is 4.97. The lowest BCUT2D eigenvalue weighted by Crippen LogP contribution is -2.00. The monoisotopic (exact) mass is 203 g/mol. The molecule has 1 aliphatic carbocycles. The average Bonchev–Trinajstić information content (AvgIpc) is 3.01. The van der Waals surface area contributed by atoms with Gasteiger partial charge in [-0.2, -0.15) is 0 Å². The van der Waals surface area contributed by atoms with E-state index in [0.29, 0.717) is 5.92 Å². The van der Waals surface area contributed by atoms with Crippen molar-refractivity contribution in [3.63, 3.8) is 0 Å². The number of hydrogen-bond acceptors (Lipinski definition) is 3. The fourth-order valence-corrected chi connectivity index (χ4v) is 1.81. The summed E-state index contributed by atoms with van der Waals surface area (Å²) in [6, 6.07) is 4.53. The lowest BCUT2D eigenvalue weighted by molar-refractivity contribution is 0.629. The topological polar surface area (TPSA) is 51.8 Å². The molecule has 3 nitrogen and oxygen atoms in total. The molecule has 3 rings (SSSR count). The summed E-state index contributed by atoms with van der Waals surface area (Å²) in [5.74, 6) is 0.466. The minimum absolute atomic E-state index is 0.252. The van der Waals surface area contributed by atoms with Gasteiger partial charge in [0.25, 0.3) is 0 Å². The molecule has 0 unspecified atom stereocenters. The van der Waals surface area contributed by atoms with E-state index in [9.17, 15) is 4.39 Å². The molecule has 76 valence electrons. The van der Waals surface area contributed by atoms with Gasteiger partial charge in [0.05, 0.1) is 11.2 Å². The molecule has 1 aliphatic rings. The van der Waals surface area contributed by atoms with E-state index in [4.69, 9.17) is 5.73 Å². The molecule has 0 saturated heterocycles. The van der Waals surface area contributed by atoms with Crippen LogP contribution in [-0.4, -0.2) is 9.97 Å². The Kier molecular flexibility index (Phi) is 1.65. The molecule has 0 aliphatic heterocycles. The number of anilines is 1. The zero-order chi connectivity index (χ0) is 10.4. The van der Waals surface area contributed by atoms with Gasteiger partial charge in [-0.1, -0.05) is 0 Å². The Morgan fingerprint density at radius 1 is 1.27 bits per heavy atom. The molecule has 4 heteroatoms. The second kappa shape index (κ2) is 2.89. The van der Waals surface area contributed by atoms with Crippen molar-refractivity contribution in [3.8, 4) is 0 Å². The van der Waals surface area contributed by atoms with Gasteiger partial charge in [0, 0.05) is 11.3 Å². The molecule has 1 fully saturated rings. The Bertz CT molecular complexity index is 535. The standard InChI is InChI=1S/C11H10FN3/c12-7-3-4-9-8(5-7)10(6-1-2-6)15-11(13)14-9/h3-6H,1-2H2,(H2,13,14,15). The molecule has 0 atom stereocenters. The van der Waals surface area contributed by atoms with Gasteiger partial charge in [0.15, 0.2) is 0 Å². The summed E-state index contributed by atoms with van der Waals surface area (Å²) in [4.78, 5) is 8.29. The van der Waals surface area contributed by atoms with Crippen LogP contribution in [0.2, 0.25) is 0 Å². The second-order valence-electron chi connectivity index (χ2n) is 3.90. The predicted octanol–water partition coefficient (Wildman–Crippen LogP) is 2.23. The number of benzene rings is 1. The van der Waals surface area contributed by atoms with Crippen molar-refractivity contribution < 1.29 is 4.39 Å². The third kappa shape index (κ3) is 1.42. The van der Waals surface area contributed by atoms with E-state index in [0.717, 1.165) is 29.4 Å². The van der Waals surface area contributed by atoms with Crippen LogP contribution < -0.4 is 5.73 Å². The second-order valence-corrected chi connectivity index (χ2v) is 3.90. The number of halogens is 1. The molecule has 1 saturated carbocycles. The van der Waals surface area contributed by atoms with Crippen LogP contribution in [0.4, 0.5) is 10.3 Å². The first-order valence-corrected chi connectivity index (χ1v) is 4.97. The van der Waals surface area contributed by atoms with Gasteiger partial charge < -0.3 is 5.73 Å². The summed E-state index contributed by atoms with van der Waals surface area (Å²) in [5, 5.41) is 0.798. The highest BCUT2D eigenvalue weighted by Crippen LogP contribution is 2.42. The molecule has 1 aromatic heterocycles. The highest BCUT2D eigenvalue weighted by atomic mass is 19.1. The van der Waals surface area contributed by atoms with Gasteiger partial charge in [-0.05, 0) is 31.0 Å². The molecular formula is C11H10FN3. The van der Waals surface area contributed by atoms with E-state index in [-0.39, 0.29) is 11.8 Å². The summed E-state index contributed by atoms with van der Waals surface area (Å²) >= 11 is 0. The molecule has 1 heterocycles. The van der Waals surface area contributed by atoms with E-state index in [1.54, 1.807) is 6.07 Å². The van der Waals surface area contributed by atoms with Crippen molar-refractivity contribution in [2.45, 2.75) is 18.8 Å². The highest BCUT2D eigenvalue weighted by molar-refractivity contribution is 5.82. The van der Waals surface area contributed by atoms with Gasteiger partial charge >= 0.3 is 0 Å². The molecule has 1 aromatic carbocycles. The summed E-state index contributed by atoms with van der Waals surface area (Å²) in [5.41, 5.74) is 7.24. The van der Waals surface area contributed by atoms with Crippen LogP contribution in [0, 0.1) is 5.82 Å². The normalized spacial score (nSPS) is 15.8. The fraction of sp³-hybridized carbons (Fsp3) is 0.273. The number of aromatic nitrogens is 2. The van der Waals surface area contributed by atoms with Crippen LogP contribution in [0.5, 0.6) is 0 Å². The van der Waals surface area contributed by atoms with Crippen molar-refractivity contribution in [3.05, 3.63) is 29.7 Å². The van der Waals surface area contributed by atoms with E-state index >= 15 is 0 Å². The summed E-state index contributed by atoms with van der Waals surface area (Å²) in [6.07, 6.45) is 2.23. The zero-order valence-corrected chi connectivity index (χ0v) is 8.07. The summed E-state index contributed by atoms with van der Waals surface area (Å²) < 4.78 is 13.1. The maximum Gasteiger partial charge on any atom is 0.220 e. The van der Waals surface area contributed by atoms with Crippen molar-refractivity contribution in [2.24, 2.45) is 0 Å². The quantitative estimate of drug-likeness (QED) is 0.773. The molecule has 0 bridgehead atoms. The number of nitrogens with two attached hydrogens (primary N) is 1. The lowest BCUT2D eigenvalue weighted by Gasteiger charge is -2.05. The largest absolute Gasteiger partial charge is 0.368 e. The van der Waals surface area contributed by atoms with Crippen LogP contribution in [0.3, 0.4) is 0 Å². The first kappa shape index (κ1) is 8.59. The van der Waals surface area contributed by atoms with Crippen molar-refractivity contribution in [1.82, 2.24) is 9.97 Å². The third-order valence-electron chi connectivity index (χ3n) is 2.67. The zero-order valence-electron chi connectivity index (χ0n) is 8.07. The molecule has 0 spiro atoms. The van der Waals surface area contributed by atoms with E-state index in [2.05, 4.69) is 9.97 Å². The molecule has 2 aromatic rings. The molecule has 0 amide bonds. The van der Waals surface area contributed by atoms with Gasteiger partial charge in [-0.15, -0.1) is 0 Å². The number of fused-ring (bicyclic) bond motifs is 1. The van der Waals surface area contributed by atoms with Gasteiger partial charge in [0.2, 0.25) is 5.95 Å². The third-order valence-corrected chi connectivity index (χ3v) is 2.67. The Labute approximate surface area is 86.1 Å². The fourth-order valence-electron chi connectivity index (χ4n) is 1.81. The van der Waals surface area contributed by atoms with Crippen LogP contribution in [0.25, 0.3) is 10.9 Å². The Hall–Kier alpha value is -1.71. The SMILES string of the molecule is Nc1nc(C2CC2)c2cc(F)ccc2n1.